The number of carbonyl (C=O) groups is 1. The minimum Gasteiger partial charge on any atom is -0.381 e. The third-order valence-corrected chi connectivity index (χ3v) is 2.42. The Hall–Kier alpha value is -0.610. The molecule has 17 heavy (non-hydrogen) atoms. The first-order valence-electron chi connectivity index (χ1n) is 6.69. The van der Waals surface area contributed by atoms with Gasteiger partial charge in [0.25, 0.3) is 0 Å². The van der Waals surface area contributed by atoms with Crippen LogP contribution >= 0.6 is 0 Å². The molecule has 0 saturated carbocycles. The van der Waals surface area contributed by atoms with Gasteiger partial charge in [-0.2, -0.15) is 0 Å². The minimum absolute atomic E-state index is 0.0395. The average molecular weight is 244 g/mol. The smallest absolute Gasteiger partial charge is 0.236 e. The summed E-state index contributed by atoms with van der Waals surface area (Å²) in [7, 11) is 0. The Balaban J connectivity index is 3.38. The number of nitrogens with two attached hydrogens (primary N) is 1. The van der Waals surface area contributed by atoms with Gasteiger partial charge >= 0.3 is 0 Å². The van der Waals surface area contributed by atoms with Gasteiger partial charge in [0, 0.05) is 19.8 Å². The molecular formula is C13H28N2O2. The highest BCUT2D eigenvalue weighted by molar-refractivity contribution is 5.81. The van der Waals surface area contributed by atoms with Crippen molar-refractivity contribution in [1.82, 2.24) is 5.32 Å². The van der Waals surface area contributed by atoms with Gasteiger partial charge in [-0.1, -0.05) is 33.6 Å². The lowest BCUT2D eigenvalue weighted by molar-refractivity contribution is -0.122. The van der Waals surface area contributed by atoms with Crippen LogP contribution < -0.4 is 11.1 Å². The van der Waals surface area contributed by atoms with E-state index >= 15 is 0 Å². The Morgan fingerprint density at radius 1 is 1.35 bits per heavy atom. The van der Waals surface area contributed by atoms with Crippen molar-refractivity contribution in [2.24, 2.45) is 11.7 Å². The predicted octanol–water partition coefficient (Wildman–Crippen LogP) is 1.68. The number of nitrogens with one attached hydrogen (secondary N) is 1. The second kappa shape index (κ2) is 10.5. The average Bonchev–Trinajstić information content (AvgIpc) is 2.29. The van der Waals surface area contributed by atoms with Gasteiger partial charge < -0.3 is 15.8 Å². The number of hydrogen-bond donors (Lipinski definition) is 2. The zero-order valence-electron chi connectivity index (χ0n) is 11.5. The maximum atomic E-state index is 11.5. The first-order valence-corrected chi connectivity index (χ1v) is 6.69. The molecule has 4 nitrogen and oxygen atoms in total. The summed E-state index contributed by atoms with van der Waals surface area (Å²) in [6, 6.07) is -0.355. The maximum absolute atomic E-state index is 11.5. The highest BCUT2D eigenvalue weighted by Crippen LogP contribution is 1.98. The van der Waals surface area contributed by atoms with Crippen LogP contribution in [0.4, 0.5) is 0 Å². The standard InChI is InChI=1S/C13H28N2O2/c1-4-5-7-12(14)13(16)15-8-6-9-17-10-11(2)3/h11-12H,4-10,14H2,1-3H3,(H,15,16). The topological polar surface area (TPSA) is 64.4 Å². The molecular weight excluding hydrogens is 216 g/mol. The van der Waals surface area contributed by atoms with Crippen LogP contribution in [-0.4, -0.2) is 31.7 Å². The summed E-state index contributed by atoms with van der Waals surface area (Å²) in [5, 5.41) is 2.84. The second-order valence-electron chi connectivity index (χ2n) is 4.86. The molecule has 1 unspecified atom stereocenters. The Kier molecular flexibility index (Phi) is 10.2. The third kappa shape index (κ3) is 10.3. The molecule has 0 aliphatic heterocycles. The number of amides is 1. The Labute approximate surface area is 105 Å². The van der Waals surface area contributed by atoms with Crippen molar-refractivity contribution in [3.05, 3.63) is 0 Å². The fourth-order valence-electron chi connectivity index (χ4n) is 1.39. The van der Waals surface area contributed by atoms with Gasteiger partial charge in [-0.3, -0.25) is 4.79 Å². The van der Waals surface area contributed by atoms with Crippen molar-refractivity contribution < 1.29 is 9.53 Å². The lowest BCUT2D eigenvalue weighted by Gasteiger charge is -2.12. The molecule has 1 amide bonds. The van der Waals surface area contributed by atoms with Crippen molar-refractivity contribution in [2.45, 2.75) is 52.5 Å². The first-order chi connectivity index (χ1) is 8.07. The molecule has 0 radical (unpaired) electrons. The Bertz CT molecular complexity index is 196. The van der Waals surface area contributed by atoms with E-state index < -0.39 is 0 Å². The third-order valence-electron chi connectivity index (χ3n) is 2.42. The molecule has 0 fully saturated rings. The molecule has 0 aromatic carbocycles. The van der Waals surface area contributed by atoms with Crippen molar-refractivity contribution in [3.63, 3.8) is 0 Å². The van der Waals surface area contributed by atoms with Crippen molar-refractivity contribution in [3.8, 4) is 0 Å². The first kappa shape index (κ1) is 16.4. The molecule has 1 atom stereocenters. The fraction of sp³-hybridized carbons (Fsp3) is 0.923. The number of carbonyl (C=O) groups excluding carboxylic acids is 1. The molecule has 0 spiro atoms. The van der Waals surface area contributed by atoms with E-state index in [4.69, 9.17) is 10.5 Å². The normalized spacial score (nSPS) is 12.8. The lowest BCUT2D eigenvalue weighted by Crippen LogP contribution is -2.41. The summed E-state index contributed by atoms with van der Waals surface area (Å²) < 4.78 is 5.42. The van der Waals surface area contributed by atoms with E-state index in [1.54, 1.807) is 0 Å². The van der Waals surface area contributed by atoms with Crippen LogP contribution in [0.1, 0.15) is 46.5 Å². The quantitative estimate of drug-likeness (QED) is 0.575. The van der Waals surface area contributed by atoms with Gasteiger partial charge in [-0.05, 0) is 18.8 Å². The monoisotopic (exact) mass is 244 g/mol. The largest absolute Gasteiger partial charge is 0.381 e. The maximum Gasteiger partial charge on any atom is 0.236 e. The Morgan fingerprint density at radius 2 is 2.06 bits per heavy atom. The molecule has 3 N–H and O–H groups in total. The fourth-order valence-corrected chi connectivity index (χ4v) is 1.39. The van der Waals surface area contributed by atoms with Crippen molar-refractivity contribution in [2.75, 3.05) is 19.8 Å². The van der Waals surface area contributed by atoms with Crippen LogP contribution in [0.15, 0.2) is 0 Å². The van der Waals surface area contributed by atoms with Crippen molar-refractivity contribution >= 4 is 5.91 Å². The summed E-state index contributed by atoms with van der Waals surface area (Å²) in [6.45, 7) is 8.46. The molecule has 0 aliphatic rings. The molecule has 0 bridgehead atoms. The van der Waals surface area contributed by atoms with Crippen LogP contribution in [0.2, 0.25) is 0 Å². The predicted molar refractivity (Wildman–Crippen MR) is 70.8 cm³/mol. The van der Waals surface area contributed by atoms with Gasteiger partial charge in [0.05, 0.1) is 6.04 Å². The van der Waals surface area contributed by atoms with Crippen LogP contribution in [0.3, 0.4) is 0 Å². The van der Waals surface area contributed by atoms with E-state index in [2.05, 4.69) is 26.1 Å². The van der Waals surface area contributed by atoms with Crippen LogP contribution in [0.5, 0.6) is 0 Å². The van der Waals surface area contributed by atoms with E-state index in [1.165, 1.54) is 0 Å². The molecule has 0 saturated heterocycles. The van der Waals surface area contributed by atoms with Crippen LogP contribution in [-0.2, 0) is 9.53 Å². The molecule has 4 heteroatoms. The zero-order valence-corrected chi connectivity index (χ0v) is 11.5. The Morgan fingerprint density at radius 3 is 2.65 bits per heavy atom. The highest BCUT2D eigenvalue weighted by Gasteiger charge is 2.11. The molecule has 0 aromatic heterocycles. The minimum atomic E-state index is -0.355. The summed E-state index contributed by atoms with van der Waals surface area (Å²) in [6.07, 6.45) is 3.70. The van der Waals surface area contributed by atoms with Crippen LogP contribution in [0, 0.1) is 5.92 Å². The van der Waals surface area contributed by atoms with Crippen molar-refractivity contribution in [1.29, 1.82) is 0 Å². The van der Waals surface area contributed by atoms with E-state index in [0.717, 1.165) is 32.3 Å². The number of hydrogen-bond acceptors (Lipinski definition) is 3. The van der Waals surface area contributed by atoms with Gasteiger partial charge in [-0.15, -0.1) is 0 Å². The van der Waals surface area contributed by atoms with Gasteiger partial charge in [0.1, 0.15) is 0 Å². The molecule has 102 valence electrons. The van der Waals surface area contributed by atoms with E-state index in [0.29, 0.717) is 19.1 Å². The lowest BCUT2D eigenvalue weighted by atomic mass is 10.1. The summed E-state index contributed by atoms with van der Waals surface area (Å²) in [4.78, 5) is 11.5. The number of unbranched alkanes of at least 4 members (excludes halogenated alkanes) is 1. The molecule has 0 aromatic rings. The molecule has 0 heterocycles. The van der Waals surface area contributed by atoms with Gasteiger partial charge in [0.15, 0.2) is 0 Å². The summed E-state index contributed by atoms with van der Waals surface area (Å²) >= 11 is 0. The number of ether oxygens (including phenoxy) is 1. The second-order valence-corrected chi connectivity index (χ2v) is 4.86. The molecule has 0 aliphatic carbocycles. The summed E-state index contributed by atoms with van der Waals surface area (Å²) in [5.74, 6) is 0.523. The zero-order chi connectivity index (χ0) is 13.1. The highest BCUT2D eigenvalue weighted by atomic mass is 16.5. The van der Waals surface area contributed by atoms with E-state index in [-0.39, 0.29) is 11.9 Å². The van der Waals surface area contributed by atoms with Gasteiger partial charge in [0.2, 0.25) is 5.91 Å². The number of rotatable bonds is 10. The van der Waals surface area contributed by atoms with Crippen LogP contribution in [0.25, 0.3) is 0 Å². The SMILES string of the molecule is CCCCC(N)C(=O)NCCCOCC(C)C. The summed E-state index contributed by atoms with van der Waals surface area (Å²) in [5.41, 5.74) is 5.74. The van der Waals surface area contributed by atoms with E-state index in [1.807, 2.05) is 0 Å². The molecule has 0 rings (SSSR count). The van der Waals surface area contributed by atoms with Gasteiger partial charge in [-0.25, -0.2) is 0 Å². The van der Waals surface area contributed by atoms with E-state index in [9.17, 15) is 4.79 Å².